The smallest absolute Gasteiger partial charge is 0.306 e. The molecule has 0 bridgehead atoms. The topological polar surface area (TPSA) is 58.6 Å². The van der Waals surface area contributed by atoms with E-state index in [-0.39, 0.29) is 36.4 Å². The van der Waals surface area contributed by atoms with Gasteiger partial charge in [0.15, 0.2) is 0 Å². The van der Waals surface area contributed by atoms with E-state index in [0.717, 1.165) is 38.0 Å². The number of nitrogens with one attached hydrogen (secondary N) is 1. The summed E-state index contributed by atoms with van der Waals surface area (Å²) in [4.78, 5) is 27.0. The summed E-state index contributed by atoms with van der Waals surface area (Å²) in [5.41, 5.74) is 2.20. The largest absolute Gasteiger partial charge is 0.457 e. The van der Waals surface area contributed by atoms with Gasteiger partial charge in [0.05, 0.1) is 6.42 Å². The Balaban J connectivity index is 1.26. The van der Waals surface area contributed by atoms with Crippen molar-refractivity contribution in [3.8, 4) is 0 Å². The summed E-state index contributed by atoms with van der Waals surface area (Å²) in [6.45, 7) is 2.89. The molecule has 0 radical (unpaired) electrons. The zero-order valence-corrected chi connectivity index (χ0v) is 17.7. The fraction of sp³-hybridized carbons (Fsp3) is 0.417. The summed E-state index contributed by atoms with van der Waals surface area (Å²) in [6, 6.07) is 17.9. The average Bonchev–Trinajstić information content (AvgIpc) is 3.10. The number of hydrogen-bond acceptors (Lipinski definition) is 4. The van der Waals surface area contributed by atoms with Crippen LogP contribution in [0, 0.1) is 5.92 Å². The van der Waals surface area contributed by atoms with Crippen molar-refractivity contribution in [1.29, 1.82) is 0 Å². The van der Waals surface area contributed by atoms with E-state index in [1.54, 1.807) is 12.1 Å². The van der Waals surface area contributed by atoms with Crippen molar-refractivity contribution < 1.29 is 14.3 Å². The van der Waals surface area contributed by atoms with Gasteiger partial charge in [-0.05, 0) is 36.1 Å². The predicted molar refractivity (Wildman–Crippen MR) is 116 cm³/mol. The van der Waals surface area contributed by atoms with Crippen molar-refractivity contribution in [2.45, 2.75) is 44.4 Å². The number of esters is 1. The number of amides is 1. The third-order valence-electron chi connectivity index (χ3n) is 5.96. The molecule has 1 N–H and O–H groups in total. The molecule has 5 nitrogen and oxygen atoms in total. The molecular formula is C24H27ClN2O3. The highest BCUT2D eigenvalue weighted by Crippen LogP contribution is 2.37. The highest BCUT2D eigenvalue weighted by molar-refractivity contribution is 6.30. The number of benzene rings is 2. The van der Waals surface area contributed by atoms with Crippen LogP contribution in [-0.2, 0) is 20.9 Å². The molecule has 30 heavy (non-hydrogen) atoms. The van der Waals surface area contributed by atoms with Gasteiger partial charge in [0, 0.05) is 43.0 Å². The molecule has 2 aliphatic rings. The van der Waals surface area contributed by atoms with E-state index in [1.165, 1.54) is 5.56 Å². The van der Waals surface area contributed by atoms with Gasteiger partial charge in [0.2, 0.25) is 5.91 Å². The minimum Gasteiger partial charge on any atom is -0.457 e. The number of ether oxygens (including phenoxy) is 1. The Morgan fingerprint density at radius 1 is 1.07 bits per heavy atom. The van der Waals surface area contributed by atoms with Crippen molar-refractivity contribution in [3.05, 3.63) is 70.7 Å². The highest BCUT2D eigenvalue weighted by Gasteiger charge is 2.37. The first-order chi connectivity index (χ1) is 14.6. The minimum absolute atomic E-state index is 0.00114. The standard InChI is InChI=1S/C24H27ClN2O3/c25-20-8-6-18(7-9-20)24-19(15-23(29)30-24)14-22(28)26-21-10-12-27(13-11-21)16-17-4-2-1-3-5-17/h1-9,19,21,24H,10-16H2,(H,26,28)/t19-,24+/m0/s1. The number of cyclic esters (lactones) is 1. The molecule has 1 amide bonds. The van der Waals surface area contributed by atoms with Crippen molar-refractivity contribution in [3.63, 3.8) is 0 Å². The van der Waals surface area contributed by atoms with Crippen molar-refractivity contribution in [2.75, 3.05) is 13.1 Å². The van der Waals surface area contributed by atoms with Crippen LogP contribution in [0.25, 0.3) is 0 Å². The van der Waals surface area contributed by atoms with Crippen molar-refractivity contribution >= 4 is 23.5 Å². The maximum atomic E-state index is 12.7. The van der Waals surface area contributed by atoms with Gasteiger partial charge in [-0.15, -0.1) is 0 Å². The third-order valence-corrected chi connectivity index (χ3v) is 6.22. The first kappa shape index (κ1) is 20.9. The lowest BCUT2D eigenvalue weighted by Gasteiger charge is -2.32. The van der Waals surface area contributed by atoms with Gasteiger partial charge in [0.1, 0.15) is 6.10 Å². The van der Waals surface area contributed by atoms with Crippen LogP contribution in [0.5, 0.6) is 0 Å². The lowest BCUT2D eigenvalue weighted by molar-refractivity contribution is -0.142. The van der Waals surface area contributed by atoms with Gasteiger partial charge < -0.3 is 10.1 Å². The monoisotopic (exact) mass is 426 g/mol. The summed E-state index contributed by atoms with van der Waals surface area (Å²) >= 11 is 5.96. The molecule has 2 fully saturated rings. The lowest BCUT2D eigenvalue weighted by Crippen LogP contribution is -2.44. The molecule has 2 heterocycles. The molecule has 4 rings (SSSR count). The summed E-state index contributed by atoms with van der Waals surface area (Å²) < 4.78 is 5.49. The van der Waals surface area contributed by atoms with Gasteiger partial charge in [0.25, 0.3) is 0 Å². The zero-order chi connectivity index (χ0) is 20.9. The van der Waals surface area contributed by atoms with E-state index in [4.69, 9.17) is 16.3 Å². The quantitative estimate of drug-likeness (QED) is 0.706. The van der Waals surface area contributed by atoms with Crippen LogP contribution in [0.3, 0.4) is 0 Å². The van der Waals surface area contributed by atoms with E-state index in [2.05, 4.69) is 34.5 Å². The number of likely N-dealkylation sites (tertiary alicyclic amines) is 1. The van der Waals surface area contributed by atoms with Crippen LogP contribution in [0.2, 0.25) is 5.02 Å². The molecule has 2 aliphatic heterocycles. The predicted octanol–water partition coefficient (Wildman–Crippen LogP) is 4.12. The molecule has 0 unspecified atom stereocenters. The normalized spacial score (nSPS) is 22.6. The Morgan fingerprint density at radius 3 is 2.47 bits per heavy atom. The van der Waals surface area contributed by atoms with E-state index in [0.29, 0.717) is 11.4 Å². The molecule has 0 spiro atoms. The number of carbonyl (C=O) groups is 2. The number of piperidine rings is 1. The molecule has 0 aromatic heterocycles. The second-order valence-electron chi connectivity index (χ2n) is 8.23. The van der Waals surface area contributed by atoms with Crippen molar-refractivity contribution in [2.24, 2.45) is 5.92 Å². The first-order valence-corrected chi connectivity index (χ1v) is 11.0. The Hall–Kier alpha value is -2.37. The Labute approximate surface area is 182 Å². The summed E-state index contributed by atoms with van der Waals surface area (Å²) in [6.07, 6.45) is 2.08. The number of carbonyl (C=O) groups excluding carboxylic acids is 2. The summed E-state index contributed by atoms with van der Waals surface area (Å²) in [5.74, 6) is -0.391. The van der Waals surface area contributed by atoms with Gasteiger partial charge in [-0.25, -0.2) is 0 Å². The molecule has 158 valence electrons. The Bertz CT molecular complexity index is 864. The van der Waals surface area contributed by atoms with E-state index in [1.807, 2.05) is 18.2 Å². The van der Waals surface area contributed by atoms with E-state index >= 15 is 0 Å². The summed E-state index contributed by atoms with van der Waals surface area (Å²) in [5, 5.41) is 3.81. The molecule has 0 saturated carbocycles. The van der Waals surface area contributed by atoms with Crippen LogP contribution in [0.4, 0.5) is 0 Å². The number of halogens is 1. The molecule has 2 aromatic carbocycles. The average molecular weight is 427 g/mol. The second kappa shape index (κ2) is 9.63. The maximum Gasteiger partial charge on any atom is 0.306 e. The SMILES string of the molecule is O=C(C[C@H]1CC(=O)O[C@@H]1c1ccc(Cl)cc1)NC1CCN(Cc2ccccc2)CC1. The zero-order valence-electron chi connectivity index (χ0n) is 16.9. The van der Waals surface area contributed by atoms with Crippen LogP contribution >= 0.6 is 11.6 Å². The fourth-order valence-electron chi connectivity index (χ4n) is 4.38. The molecule has 2 saturated heterocycles. The van der Waals surface area contributed by atoms with Gasteiger partial charge in [-0.1, -0.05) is 54.1 Å². The maximum absolute atomic E-state index is 12.7. The molecular weight excluding hydrogens is 400 g/mol. The molecule has 0 aliphatic carbocycles. The lowest BCUT2D eigenvalue weighted by atomic mass is 9.91. The number of nitrogens with zero attached hydrogens (tertiary/aromatic N) is 1. The van der Waals surface area contributed by atoms with Gasteiger partial charge in [-0.3, -0.25) is 14.5 Å². The number of hydrogen-bond donors (Lipinski definition) is 1. The first-order valence-electron chi connectivity index (χ1n) is 10.6. The fourth-order valence-corrected chi connectivity index (χ4v) is 4.51. The molecule has 6 heteroatoms. The molecule has 2 atom stereocenters. The summed E-state index contributed by atoms with van der Waals surface area (Å²) in [7, 11) is 0. The number of rotatable bonds is 6. The van der Waals surface area contributed by atoms with Crippen LogP contribution < -0.4 is 5.32 Å². The Morgan fingerprint density at radius 2 is 1.77 bits per heavy atom. The van der Waals surface area contributed by atoms with Crippen LogP contribution in [0.1, 0.15) is 42.9 Å². The van der Waals surface area contributed by atoms with Crippen LogP contribution in [0.15, 0.2) is 54.6 Å². The highest BCUT2D eigenvalue weighted by atomic mass is 35.5. The second-order valence-corrected chi connectivity index (χ2v) is 8.67. The van der Waals surface area contributed by atoms with E-state index in [9.17, 15) is 9.59 Å². The molecule has 2 aromatic rings. The van der Waals surface area contributed by atoms with Gasteiger partial charge >= 0.3 is 5.97 Å². The van der Waals surface area contributed by atoms with E-state index < -0.39 is 0 Å². The third kappa shape index (κ3) is 5.41. The minimum atomic E-state index is -0.381. The Kier molecular flexibility index (Phi) is 6.70. The van der Waals surface area contributed by atoms with Crippen LogP contribution in [-0.4, -0.2) is 35.9 Å². The van der Waals surface area contributed by atoms with Crippen molar-refractivity contribution in [1.82, 2.24) is 10.2 Å². The van der Waals surface area contributed by atoms with Gasteiger partial charge in [-0.2, -0.15) is 0 Å².